The minimum Gasteiger partial charge on any atom is -0.337 e. The molecule has 5 rings (SSSR count). The Bertz CT molecular complexity index is 1590. The molecule has 0 bridgehead atoms. The normalized spacial score (nSPS) is 15.3. The number of thioether (sulfide) groups is 1. The average Bonchev–Trinajstić information content (AvgIpc) is 3.34. The van der Waals surface area contributed by atoms with E-state index in [-0.39, 0.29) is 16.5 Å². The van der Waals surface area contributed by atoms with Crippen LogP contribution < -0.4 is 24.2 Å². The molecule has 4 aromatic rings. The van der Waals surface area contributed by atoms with E-state index in [0.717, 1.165) is 28.2 Å². The number of hydrogen-bond donors (Lipinski definition) is 0. The van der Waals surface area contributed by atoms with Crippen molar-refractivity contribution in [3.8, 4) is 0 Å². The van der Waals surface area contributed by atoms with Crippen molar-refractivity contribution in [2.45, 2.75) is 31.3 Å². The molecule has 35 heavy (non-hydrogen) atoms. The maximum atomic E-state index is 14.5. The Morgan fingerprint density at radius 3 is 2.51 bits per heavy atom. The van der Waals surface area contributed by atoms with Gasteiger partial charge in [-0.3, -0.25) is 9.36 Å². The lowest BCUT2D eigenvalue weighted by Gasteiger charge is -2.12. The molecule has 0 spiro atoms. The first-order valence-electron chi connectivity index (χ1n) is 11.2. The first-order chi connectivity index (χ1) is 16.8. The van der Waals surface area contributed by atoms with Gasteiger partial charge in [0.2, 0.25) is 5.69 Å². The average molecular weight is 509 g/mol. The van der Waals surface area contributed by atoms with Gasteiger partial charge in [0.05, 0.1) is 10.6 Å². The molecule has 0 N–H and O–H groups in total. The second-order valence-electron chi connectivity index (χ2n) is 8.60. The van der Waals surface area contributed by atoms with Gasteiger partial charge in [-0.2, -0.15) is 4.57 Å². The number of anilines is 1. The van der Waals surface area contributed by atoms with E-state index in [1.807, 2.05) is 62.5 Å². The zero-order chi connectivity index (χ0) is 24.7. The summed E-state index contributed by atoms with van der Waals surface area (Å²) in [6, 6.07) is 18.8. The number of fused-ring (bicyclic) bond motifs is 1. The van der Waals surface area contributed by atoms with E-state index in [0.29, 0.717) is 21.8 Å². The van der Waals surface area contributed by atoms with E-state index in [9.17, 15) is 13.6 Å². The van der Waals surface area contributed by atoms with Gasteiger partial charge < -0.3 is 4.90 Å². The predicted molar refractivity (Wildman–Crippen MR) is 138 cm³/mol. The summed E-state index contributed by atoms with van der Waals surface area (Å²) >= 11 is 2.47. The largest absolute Gasteiger partial charge is 0.337 e. The van der Waals surface area contributed by atoms with Crippen molar-refractivity contribution in [2.75, 3.05) is 11.9 Å². The van der Waals surface area contributed by atoms with Crippen molar-refractivity contribution in [3.05, 3.63) is 109 Å². The zero-order valence-corrected chi connectivity index (χ0v) is 21.2. The molecule has 0 unspecified atom stereocenters. The highest BCUT2D eigenvalue weighted by Gasteiger charge is 2.29. The van der Waals surface area contributed by atoms with Crippen LogP contribution in [0.4, 0.5) is 14.5 Å². The van der Waals surface area contributed by atoms with Gasteiger partial charge >= 0.3 is 0 Å². The number of halogens is 2. The third-order valence-electron chi connectivity index (χ3n) is 5.90. The molecule has 0 fully saturated rings. The van der Waals surface area contributed by atoms with Gasteiger partial charge in [-0.05, 0) is 32.0 Å². The molecule has 0 atom stereocenters. The first kappa shape index (κ1) is 23.5. The summed E-state index contributed by atoms with van der Waals surface area (Å²) in [6.45, 7) is 4.64. The lowest BCUT2D eigenvalue weighted by Crippen LogP contribution is -2.38. The van der Waals surface area contributed by atoms with Crippen LogP contribution in [0.5, 0.6) is 0 Å². The van der Waals surface area contributed by atoms with Crippen LogP contribution in [0.3, 0.4) is 0 Å². The summed E-state index contributed by atoms with van der Waals surface area (Å²) in [5.74, 6) is -1.77. The summed E-state index contributed by atoms with van der Waals surface area (Å²) in [4.78, 5) is 15.5. The van der Waals surface area contributed by atoms with Crippen LogP contribution in [0.1, 0.15) is 31.1 Å². The fraction of sp³-hybridized carbons (Fsp3) is 0.185. The summed E-state index contributed by atoms with van der Waals surface area (Å²) in [5, 5.41) is 0.610. The summed E-state index contributed by atoms with van der Waals surface area (Å²) in [6.07, 6.45) is 4.04. The number of hydrogen-bond acceptors (Lipinski definition) is 4. The van der Waals surface area contributed by atoms with Crippen molar-refractivity contribution in [1.29, 1.82) is 0 Å². The maximum Gasteiger partial charge on any atom is 0.271 e. The molecule has 2 aromatic heterocycles. The van der Waals surface area contributed by atoms with Crippen molar-refractivity contribution in [2.24, 2.45) is 0 Å². The SMILES string of the molecule is CC(C)n1c(=Cc2cccc[n+]2Cc2ccccc2)sc(=C2Sc3c(ccc(F)c3F)N2C)c1=O. The molecule has 0 radical (unpaired) electrons. The molecule has 1 aliphatic rings. The quantitative estimate of drug-likeness (QED) is 0.386. The van der Waals surface area contributed by atoms with Crippen LogP contribution in [0.15, 0.2) is 76.6 Å². The second-order valence-corrected chi connectivity index (χ2v) is 10.6. The predicted octanol–water partition coefficient (Wildman–Crippen LogP) is 4.24. The Hall–Kier alpha value is -3.23. The van der Waals surface area contributed by atoms with E-state index in [2.05, 4.69) is 16.7 Å². The van der Waals surface area contributed by atoms with Crippen molar-refractivity contribution < 1.29 is 13.3 Å². The second kappa shape index (κ2) is 9.43. The molecular formula is C27H24F2N3OS2+. The van der Waals surface area contributed by atoms with Crippen LogP contribution >= 0.6 is 23.1 Å². The first-order valence-corrected chi connectivity index (χ1v) is 12.9. The van der Waals surface area contributed by atoms with Crippen molar-refractivity contribution in [3.63, 3.8) is 0 Å². The van der Waals surface area contributed by atoms with Gasteiger partial charge in [0.15, 0.2) is 24.4 Å². The molecule has 0 saturated heterocycles. The van der Waals surface area contributed by atoms with Gasteiger partial charge in [-0.15, -0.1) is 11.3 Å². The van der Waals surface area contributed by atoms with Crippen molar-refractivity contribution in [1.82, 2.24) is 4.57 Å². The molecule has 8 heteroatoms. The fourth-order valence-electron chi connectivity index (χ4n) is 4.16. The Morgan fingerprint density at radius 1 is 1.03 bits per heavy atom. The number of nitrogens with zero attached hydrogens (tertiary/aromatic N) is 3. The van der Waals surface area contributed by atoms with Gasteiger partial charge in [-0.1, -0.05) is 42.1 Å². The third kappa shape index (κ3) is 4.32. The maximum absolute atomic E-state index is 14.5. The molecule has 0 aliphatic carbocycles. The molecule has 1 aliphatic heterocycles. The molecule has 0 amide bonds. The summed E-state index contributed by atoms with van der Waals surface area (Å²) in [7, 11) is 1.78. The lowest BCUT2D eigenvalue weighted by molar-refractivity contribution is -0.690. The Kier molecular flexibility index (Phi) is 6.34. The lowest BCUT2D eigenvalue weighted by atomic mass is 10.2. The van der Waals surface area contributed by atoms with E-state index in [4.69, 9.17) is 0 Å². The van der Waals surface area contributed by atoms with E-state index >= 15 is 0 Å². The standard InChI is InChI=1S/C27H24F2N3OS2/c1-17(2)32-22(15-19-11-7-8-14-31(19)16-18-9-5-4-6-10-18)34-25(26(32)33)27-30(3)21-13-12-20(28)23(29)24(21)35-27/h4-15,17H,16H2,1-3H3/q+1. The topological polar surface area (TPSA) is 29.1 Å². The number of benzene rings is 2. The van der Waals surface area contributed by atoms with E-state index in [1.54, 1.807) is 22.6 Å². The molecule has 0 saturated carbocycles. The molecule has 2 aromatic carbocycles. The van der Waals surface area contributed by atoms with Gasteiger partial charge in [0.25, 0.3) is 5.56 Å². The fourth-order valence-corrected chi connectivity index (χ4v) is 6.70. The number of thiazole rings is 1. The number of pyridine rings is 1. The highest BCUT2D eigenvalue weighted by molar-refractivity contribution is 8.08. The van der Waals surface area contributed by atoms with Gasteiger partial charge in [0, 0.05) is 36.9 Å². The van der Waals surface area contributed by atoms with E-state index < -0.39 is 11.6 Å². The zero-order valence-electron chi connectivity index (χ0n) is 19.5. The van der Waals surface area contributed by atoms with Crippen LogP contribution in [-0.2, 0) is 6.54 Å². The minimum absolute atomic E-state index is 0.0705. The summed E-state index contributed by atoms with van der Waals surface area (Å²) in [5.41, 5.74) is 2.57. The van der Waals surface area contributed by atoms with Crippen LogP contribution in [0, 0.1) is 11.6 Å². The molecule has 4 nitrogen and oxygen atoms in total. The molecule has 178 valence electrons. The number of aromatic nitrogens is 2. The smallest absolute Gasteiger partial charge is 0.271 e. The highest BCUT2D eigenvalue weighted by Crippen LogP contribution is 2.47. The monoisotopic (exact) mass is 508 g/mol. The van der Waals surface area contributed by atoms with Gasteiger partial charge in [-0.25, -0.2) is 8.78 Å². The minimum atomic E-state index is -0.891. The Balaban J connectivity index is 1.68. The third-order valence-corrected chi connectivity index (χ3v) is 8.39. The number of rotatable bonds is 4. The Labute approximate surface area is 210 Å². The van der Waals surface area contributed by atoms with Crippen LogP contribution in [-0.4, -0.2) is 11.6 Å². The van der Waals surface area contributed by atoms with Crippen molar-refractivity contribution >= 4 is 39.9 Å². The van der Waals surface area contributed by atoms with Crippen LogP contribution in [0.25, 0.3) is 11.1 Å². The van der Waals surface area contributed by atoms with E-state index in [1.165, 1.54) is 16.9 Å². The van der Waals surface area contributed by atoms with Gasteiger partial charge in [0.1, 0.15) is 14.2 Å². The van der Waals surface area contributed by atoms with Crippen LogP contribution in [0.2, 0.25) is 0 Å². The Morgan fingerprint density at radius 2 is 1.77 bits per heavy atom. The highest BCUT2D eigenvalue weighted by atomic mass is 32.2. The molecule has 3 heterocycles. The summed E-state index contributed by atoms with van der Waals surface area (Å²) < 4.78 is 33.5. The molecular weight excluding hydrogens is 484 g/mol.